The van der Waals surface area contributed by atoms with Gasteiger partial charge in [-0.2, -0.15) is 0 Å². The molecule has 1 aromatic carbocycles. The number of nitrogens with one attached hydrogen (secondary N) is 2. The first kappa shape index (κ1) is 21.5. The van der Waals surface area contributed by atoms with E-state index in [1.165, 1.54) is 0 Å². The van der Waals surface area contributed by atoms with Crippen LogP contribution < -0.4 is 14.8 Å². The number of rotatable bonds is 5. The van der Waals surface area contributed by atoms with Gasteiger partial charge < -0.3 is 10.1 Å². The Bertz CT molecular complexity index is 622. The molecule has 2 aliphatic rings. The number of aryl methyl sites for hydroxylation is 1. The molecule has 24 heavy (non-hydrogen) atoms. The van der Waals surface area contributed by atoms with E-state index >= 15 is 0 Å². The van der Waals surface area contributed by atoms with Crippen LogP contribution in [0.4, 0.5) is 0 Å². The van der Waals surface area contributed by atoms with Crippen molar-refractivity contribution in [2.75, 3.05) is 45.9 Å². The first-order valence-corrected chi connectivity index (χ1v) is 9.32. The molecule has 0 saturated carbocycles. The van der Waals surface area contributed by atoms with E-state index in [-0.39, 0.29) is 24.8 Å². The van der Waals surface area contributed by atoms with Crippen molar-refractivity contribution in [3.8, 4) is 5.75 Å². The summed E-state index contributed by atoms with van der Waals surface area (Å²) in [7, 11) is -3.44. The Morgan fingerprint density at radius 1 is 1.21 bits per heavy atom. The monoisotopic (exact) mass is 397 g/mol. The standard InChI is InChI=1S/C15H23N3O3S.2ClH/c19-22(20,17-7-10-18-8-5-16-6-9-18)14-3-4-15-13(12-14)2-1-11-21-15;;/h3-4,12,16-17H,1-2,5-11H2;2*1H. The third-order valence-electron chi connectivity index (χ3n) is 4.12. The predicted octanol–water partition coefficient (Wildman–Crippen LogP) is 1.04. The Labute approximate surface area is 156 Å². The van der Waals surface area contributed by atoms with Gasteiger partial charge in [-0.25, -0.2) is 13.1 Å². The molecule has 2 N–H and O–H groups in total. The summed E-state index contributed by atoms with van der Waals surface area (Å²) < 4.78 is 33.0. The molecule has 0 atom stereocenters. The quantitative estimate of drug-likeness (QED) is 0.776. The molecule has 0 radical (unpaired) electrons. The minimum atomic E-state index is -3.44. The van der Waals surface area contributed by atoms with Crippen molar-refractivity contribution in [1.29, 1.82) is 0 Å². The molecule has 0 amide bonds. The first-order chi connectivity index (χ1) is 10.6. The van der Waals surface area contributed by atoms with Crippen LogP contribution in [0.3, 0.4) is 0 Å². The Morgan fingerprint density at radius 3 is 2.71 bits per heavy atom. The normalized spacial score (nSPS) is 17.8. The van der Waals surface area contributed by atoms with Crippen LogP contribution >= 0.6 is 24.8 Å². The van der Waals surface area contributed by atoms with Gasteiger partial charge in [0.05, 0.1) is 11.5 Å². The second-order valence-corrected chi connectivity index (χ2v) is 7.48. The minimum absolute atomic E-state index is 0. The second-order valence-electron chi connectivity index (χ2n) is 5.71. The lowest BCUT2D eigenvalue weighted by atomic mass is 10.1. The van der Waals surface area contributed by atoms with E-state index in [0.29, 0.717) is 18.0 Å². The van der Waals surface area contributed by atoms with E-state index in [2.05, 4.69) is 14.9 Å². The molecule has 0 aliphatic carbocycles. The third-order valence-corrected chi connectivity index (χ3v) is 5.58. The lowest BCUT2D eigenvalue weighted by Crippen LogP contribution is -2.46. The topological polar surface area (TPSA) is 70.7 Å². The van der Waals surface area contributed by atoms with Gasteiger partial charge in [-0.1, -0.05) is 0 Å². The van der Waals surface area contributed by atoms with Gasteiger partial charge in [-0.05, 0) is 36.6 Å². The van der Waals surface area contributed by atoms with Crippen LogP contribution in [0.5, 0.6) is 5.75 Å². The number of hydrogen-bond acceptors (Lipinski definition) is 5. The molecule has 9 heteroatoms. The van der Waals surface area contributed by atoms with E-state index in [9.17, 15) is 8.42 Å². The maximum Gasteiger partial charge on any atom is 0.240 e. The van der Waals surface area contributed by atoms with Gasteiger partial charge >= 0.3 is 0 Å². The molecule has 3 rings (SSSR count). The van der Waals surface area contributed by atoms with Crippen molar-refractivity contribution < 1.29 is 13.2 Å². The van der Waals surface area contributed by atoms with Gasteiger partial charge in [0.1, 0.15) is 5.75 Å². The van der Waals surface area contributed by atoms with Crippen LogP contribution in [0.25, 0.3) is 0 Å². The molecule has 1 saturated heterocycles. The molecule has 6 nitrogen and oxygen atoms in total. The van der Waals surface area contributed by atoms with Crippen molar-refractivity contribution in [2.24, 2.45) is 0 Å². The van der Waals surface area contributed by atoms with E-state index in [4.69, 9.17) is 4.74 Å². The van der Waals surface area contributed by atoms with Gasteiger partial charge in [0, 0.05) is 39.3 Å². The largest absolute Gasteiger partial charge is 0.493 e. The third kappa shape index (κ3) is 5.47. The number of fused-ring (bicyclic) bond motifs is 1. The highest BCUT2D eigenvalue weighted by atomic mass is 35.5. The molecular weight excluding hydrogens is 373 g/mol. The fourth-order valence-corrected chi connectivity index (χ4v) is 3.93. The molecule has 138 valence electrons. The predicted molar refractivity (Wildman–Crippen MR) is 99.3 cm³/mol. The number of ether oxygens (including phenoxy) is 1. The van der Waals surface area contributed by atoms with Gasteiger partial charge in [0.25, 0.3) is 0 Å². The zero-order valence-electron chi connectivity index (χ0n) is 13.5. The van der Waals surface area contributed by atoms with E-state index in [1.54, 1.807) is 18.2 Å². The van der Waals surface area contributed by atoms with Crippen LogP contribution in [0, 0.1) is 0 Å². The molecule has 2 heterocycles. The van der Waals surface area contributed by atoms with Crippen molar-refractivity contribution >= 4 is 34.8 Å². The highest BCUT2D eigenvalue weighted by molar-refractivity contribution is 7.89. The van der Waals surface area contributed by atoms with E-state index in [1.807, 2.05) is 0 Å². The summed E-state index contributed by atoms with van der Waals surface area (Å²) in [5.74, 6) is 0.811. The van der Waals surface area contributed by atoms with Gasteiger partial charge in [-0.15, -0.1) is 24.8 Å². The maximum absolute atomic E-state index is 12.4. The van der Waals surface area contributed by atoms with Crippen LogP contribution in [-0.4, -0.2) is 59.2 Å². The summed E-state index contributed by atoms with van der Waals surface area (Å²) in [6.45, 7) is 5.78. The van der Waals surface area contributed by atoms with Gasteiger partial charge in [0.15, 0.2) is 0 Å². The number of halogens is 2. The van der Waals surface area contributed by atoms with Crippen molar-refractivity contribution in [3.63, 3.8) is 0 Å². The van der Waals surface area contributed by atoms with Crippen molar-refractivity contribution in [2.45, 2.75) is 17.7 Å². The van der Waals surface area contributed by atoms with E-state index < -0.39 is 10.0 Å². The van der Waals surface area contributed by atoms with Crippen LogP contribution in [0.15, 0.2) is 23.1 Å². The summed E-state index contributed by atoms with van der Waals surface area (Å²) in [5.41, 5.74) is 0.983. The second kappa shape index (κ2) is 9.79. The van der Waals surface area contributed by atoms with Crippen molar-refractivity contribution in [3.05, 3.63) is 23.8 Å². The highest BCUT2D eigenvalue weighted by Gasteiger charge is 2.18. The summed E-state index contributed by atoms with van der Waals surface area (Å²) in [6.07, 6.45) is 1.81. The molecular formula is C15H25Cl2N3O3S. The molecule has 0 bridgehead atoms. The average molecular weight is 398 g/mol. The summed E-state index contributed by atoms with van der Waals surface area (Å²) in [5, 5.41) is 3.28. The number of nitrogens with zero attached hydrogens (tertiary/aromatic N) is 1. The Hall–Kier alpha value is -0.570. The van der Waals surface area contributed by atoms with E-state index in [0.717, 1.165) is 56.9 Å². The average Bonchev–Trinajstić information content (AvgIpc) is 2.55. The van der Waals surface area contributed by atoms with Crippen LogP contribution in [0.1, 0.15) is 12.0 Å². The molecule has 0 aromatic heterocycles. The molecule has 1 fully saturated rings. The van der Waals surface area contributed by atoms with Gasteiger partial charge in [-0.3, -0.25) is 4.90 Å². The smallest absolute Gasteiger partial charge is 0.240 e. The Kier molecular flexibility index (Phi) is 8.76. The minimum Gasteiger partial charge on any atom is -0.493 e. The number of benzene rings is 1. The zero-order valence-corrected chi connectivity index (χ0v) is 15.9. The molecule has 0 unspecified atom stereocenters. The lowest BCUT2D eigenvalue weighted by molar-refractivity contribution is 0.245. The first-order valence-electron chi connectivity index (χ1n) is 7.84. The fraction of sp³-hybridized carbons (Fsp3) is 0.600. The van der Waals surface area contributed by atoms with Crippen LogP contribution in [0.2, 0.25) is 0 Å². The summed E-state index contributed by atoms with van der Waals surface area (Å²) in [4.78, 5) is 2.59. The Balaban J connectivity index is 0.00000144. The molecule has 2 aliphatic heterocycles. The SMILES string of the molecule is Cl.Cl.O=S(=O)(NCCN1CCNCC1)c1ccc2c(c1)CCCO2. The number of piperazine rings is 1. The summed E-state index contributed by atoms with van der Waals surface area (Å²) >= 11 is 0. The molecule has 1 aromatic rings. The van der Waals surface area contributed by atoms with Gasteiger partial charge in [0.2, 0.25) is 10.0 Å². The fourth-order valence-electron chi connectivity index (χ4n) is 2.86. The number of hydrogen-bond donors (Lipinski definition) is 2. The molecule has 0 spiro atoms. The number of sulfonamides is 1. The van der Waals surface area contributed by atoms with Crippen LogP contribution in [-0.2, 0) is 16.4 Å². The summed E-state index contributed by atoms with van der Waals surface area (Å²) in [6, 6.07) is 5.12. The Morgan fingerprint density at radius 2 is 1.96 bits per heavy atom. The lowest BCUT2D eigenvalue weighted by Gasteiger charge is -2.27. The highest BCUT2D eigenvalue weighted by Crippen LogP contribution is 2.27. The zero-order chi connectivity index (χ0) is 15.4. The maximum atomic E-state index is 12.4. The van der Waals surface area contributed by atoms with Crippen molar-refractivity contribution in [1.82, 2.24) is 14.9 Å².